The Morgan fingerprint density at radius 1 is 0.884 bits per heavy atom. The molecular weight excluding hydrogens is 606 g/mol. The standard InChI is InChI=1S/C32H23Cl2FN6OS/c1-41-18-36-17-28(41)32(42,20-5-8-22(33)9-6-20)21-7-14-27-26(16-21)29(19-3-2-4-23(34)15-19)39-30(38-27)40-31(43)37-25-12-10-24(35)11-13-25/h2-18,42H,1H3,(H2,37,38,39,40,43). The van der Waals surface area contributed by atoms with Crippen LogP contribution in [-0.4, -0.2) is 29.7 Å². The van der Waals surface area contributed by atoms with Crippen molar-refractivity contribution >= 4 is 63.1 Å². The second-order valence-electron chi connectivity index (χ2n) is 9.83. The Labute approximate surface area is 262 Å². The van der Waals surface area contributed by atoms with Gasteiger partial charge in [0, 0.05) is 33.7 Å². The lowest BCUT2D eigenvalue weighted by Crippen LogP contribution is -2.31. The summed E-state index contributed by atoms with van der Waals surface area (Å²) in [5, 5.41) is 20.5. The predicted molar refractivity (Wildman–Crippen MR) is 173 cm³/mol. The summed E-state index contributed by atoms with van der Waals surface area (Å²) in [4.78, 5) is 13.8. The van der Waals surface area contributed by atoms with Gasteiger partial charge in [-0.05, 0) is 84.0 Å². The zero-order valence-electron chi connectivity index (χ0n) is 22.6. The fraction of sp³-hybridized carbons (Fsp3) is 0.0625. The molecule has 7 nitrogen and oxygen atoms in total. The number of aryl methyl sites for hydroxylation is 1. The molecule has 0 radical (unpaired) electrons. The van der Waals surface area contributed by atoms with Crippen LogP contribution in [0.4, 0.5) is 16.0 Å². The van der Waals surface area contributed by atoms with Crippen molar-refractivity contribution in [3.63, 3.8) is 0 Å². The van der Waals surface area contributed by atoms with E-state index in [1.54, 1.807) is 65.6 Å². The number of nitrogens with one attached hydrogen (secondary N) is 2. The van der Waals surface area contributed by atoms with Gasteiger partial charge in [0.2, 0.25) is 5.95 Å². The van der Waals surface area contributed by atoms with Crippen LogP contribution in [0.5, 0.6) is 0 Å². The van der Waals surface area contributed by atoms with E-state index < -0.39 is 5.60 Å². The van der Waals surface area contributed by atoms with Crippen LogP contribution in [0.2, 0.25) is 10.0 Å². The highest BCUT2D eigenvalue weighted by atomic mass is 35.5. The molecule has 0 bridgehead atoms. The zero-order valence-corrected chi connectivity index (χ0v) is 24.9. The van der Waals surface area contributed by atoms with Gasteiger partial charge in [0.25, 0.3) is 0 Å². The molecule has 4 aromatic carbocycles. The number of benzene rings is 4. The van der Waals surface area contributed by atoms with Crippen molar-refractivity contribution in [2.24, 2.45) is 7.05 Å². The number of aliphatic hydroxyl groups is 1. The van der Waals surface area contributed by atoms with E-state index in [1.807, 2.05) is 37.4 Å². The van der Waals surface area contributed by atoms with E-state index in [-0.39, 0.29) is 16.9 Å². The largest absolute Gasteiger partial charge is 0.374 e. The summed E-state index contributed by atoms with van der Waals surface area (Å²) in [6.07, 6.45) is 3.27. The van der Waals surface area contributed by atoms with Gasteiger partial charge < -0.3 is 20.3 Å². The van der Waals surface area contributed by atoms with Crippen LogP contribution in [0, 0.1) is 5.82 Å². The third kappa shape index (κ3) is 5.80. The third-order valence-electron chi connectivity index (χ3n) is 6.99. The number of nitrogens with zero attached hydrogens (tertiary/aromatic N) is 4. The summed E-state index contributed by atoms with van der Waals surface area (Å²) in [5.41, 5.74) is 2.70. The molecule has 0 aliphatic heterocycles. The fourth-order valence-electron chi connectivity index (χ4n) is 4.92. The van der Waals surface area contributed by atoms with Crippen molar-refractivity contribution in [1.29, 1.82) is 0 Å². The van der Waals surface area contributed by atoms with Gasteiger partial charge in [0.1, 0.15) is 5.82 Å². The number of aromatic nitrogens is 4. The summed E-state index contributed by atoms with van der Waals surface area (Å²) in [6, 6.07) is 25.7. The average molecular weight is 630 g/mol. The molecule has 43 heavy (non-hydrogen) atoms. The lowest BCUT2D eigenvalue weighted by molar-refractivity contribution is 0.117. The lowest BCUT2D eigenvalue weighted by Gasteiger charge is -2.30. The van der Waals surface area contributed by atoms with Crippen molar-refractivity contribution in [3.8, 4) is 11.3 Å². The van der Waals surface area contributed by atoms with Gasteiger partial charge in [-0.25, -0.2) is 19.3 Å². The Balaban J connectivity index is 1.49. The molecule has 0 aliphatic rings. The maximum absolute atomic E-state index is 13.3. The molecule has 0 saturated heterocycles. The first-order valence-electron chi connectivity index (χ1n) is 13.1. The lowest BCUT2D eigenvalue weighted by atomic mass is 9.83. The molecule has 214 valence electrons. The zero-order chi connectivity index (χ0) is 30.1. The summed E-state index contributed by atoms with van der Waals surface area (Å²) in [6.45, 7) is 0. The van der Waals surface area contributed by atoms with Gasteiger partial charge in [-0.15, -0.1) is 0 Å². The highest BCUT2D eigenvalue weighted by molar-refractivity contribution is 7.80. The Morgan fingerprint density at radius 3 is 2.33 bits per heavy atom. The van der Waals surface area contributed by atoms with Gasteiger partial charge in [0.05, 0.1) is 29.4 Å². The van der Waals surface area contributed by atoms with Gasteiger partial charge in [0.15, 0.2) is 10.7 Å². The Hall–Kier alpha value is -4.41. The van der Waals surface area contributed by atoms with Crippen LogP contribution in [-0.2, 0) is 12.6 Å². The number of thiocarbonyl (C=S) groups is 1. The first kappa shape index (κ1) is 28.7. The van der Waals surface area contributed by atoms with Crippen molar-refractivity contribution in [2.45, 2.75) is 5.60 Å². The molecule has 11 heteroatoms. The summed E-state index contributed by atoms with van der Waals surface area (Å²) in [5.74, 6) is -0.103. The minimum absolute atomic E-state index is 0.230. The second kappa shape index (κ2) is 11.7. The molecule has 2 aromatic heterocycles. The Morgan fingerprint density at radius 2 is 1.63 bits per heavy atom. The van der Waals surface area contributed by atoms with Gasteiger partial charge in [-0.1, -0.05) is 53.5 Å². The molecule has 0 saturated carbocycles. The van der Waals surface area contributed by atoms with E-state index in [1.165, 1.54) is 12.1 Å². The number of fused-ring (bicyclic) bond motifs is 1. The summed E-state index contributed by atoms with van der Waals surface area (Å²) < 4.78 is 15.1. The Bertz CT molecular complexity index is 1970. The van der Waals surface area contributed by atoms with Crippen molar-refractivity contribution < 1.29 is 9.50 Å². The highest BCUT2D eigenvalue weighted by Crippen LogP contribution is 2.39. The maximum atomic E-state index is 13.3. The molecule has 1 unspecified atom stereocenters. The molecule has 3 N–H and O–H groups in total. The number of hydrogen-bond donors (Lipinski definition) is 3. The van der Waals surface area contributed by atoms with E-state index >= 15 is 0 Å². The predicted octanol–water partition coefficient (Wildman–Crippen LogP) is 7.57. The number of rotatable bonds is 6. The number of anilines is 2. The van der Waals surface area contributed by atoms with Crippen molar-refractivity contribution in [2.75, 3.05) is 10.6 Å². The second-order valence-corrected chi connectivity index (χ2v) is 11.1. The average Bonchev–Trinajstić information content (AvgIpc) is 3.44. The number of halogens is 3. The van der Waals surface area contributed by atoms with Gasteiger partial charge >= 0.3 is 0 Å². The highest BCUT2D eigenvalue weighted by Gasteiger charge is 2.37. The molecule has 6 aromatic rings. The molecular formula is C32H23Cl2FN6OS. The minimum Gasteiger partial charge on any atom is -0.374 e. The van der Waals surface area contributed by atoms with E-state index in [9.17, 15) is 9.50 Å². The molecule has 2 heterocycles. The SMILES string of the molecule is Cn1cncc1C(O)(c1ccc(Cl)cc1)c1ccc2nc(NC(=S)Nc3ccc(F)cc3)nc(-c3cccc(Cl)c3)c2c1. The van der Waals surface area contributed by atoms with Crippen LogP contribution >= 0.6 is 35.4 Å². The molecule has 0 aliphatic carbocycles. The van der Waals surface area contributed by atoms with Crippen LogP contribution in [0.3, 0.4) is 0 Å². The van der Waals surface area contributed by atoms with E-state index in [0.29, 0.717) is 49.2 Å². The minimum atomic E-state index is -1.58. The van der Waals surface area contributed by atoms with E-state index in [0.717, 1.165) is 5.56 Å². The topological polar surface area (TPSA) is 87.9 Å². The first-order chi connectivity index (χ1) is 20.7. The smallest absolute Gasteiger partial charge is 0.230 e. The fourth-order valence-corrected chi connectivity index (χ4v) is 5.45. The third-order valence-corrected chi connectivity index (χ3v) is 7.68. The van der Waals surface area contributed by atoms with Crippen LogP contribution in [0.1, 0.15) is 16.8 Å². The van der Waals surface area contributed by atoms with Gasteiger partial charge in [-0.3, -0.25) is 0 Å². The Kier molecular flexibility index (Phi) is 7.81. The maximum Gasteiger partial charge on any atom is 0.230 e. The molecule has 1 atom stereocenters. The normalized spacial score (nSPS) is 12.6. The van der Waals surface area contributed by atoms with Crippen LogP contribution in [0.25, 0.3) is 22.2 Å². The van der Waals surface area contributed by atoms with Crippen LogP contribution < -0.4 is 10.6 Å². The molecule has 0 spiro atoms. The number of imidazole rings is 1. The number of hydrogen-bond acceptors (Lipinski definition) is 5. The quantitative estimate of drug-likeness (QED) is 0.164. The molecule has 0 amide bonds. The van der Waals surface area contributed by atoms with Crippen molar-refractivity contribution in [3.05, 3.63) is 136 Å². The molecule has 6 rings (SSSR count). The molecule has 0 fully saturated rings. The summed E-state index contributed by atoms with van der Waals surface area (Å²) >= 11 is 18.0. The first-order valence-corrected chi connectivity index (χ1v) is 14.2. The van der Waals surface area contributed by atoms with E-state index in [4.69, 9.17) is 45.4 Å². The summed E-state index contributed by atoms with van der Waals surface area (Å²) in [7, 11) is 1.82. The van der Waals surface area contributed by atoms with E-state index in [2.05, 4.69) is 15.6 Å². The van der Waals surface area contributed by atoms with Crippen molar-refractivity contribution in [1.82, 2.24) is 19.5 Å². The van der Waals surface area contributed by atoms with Gasteiger partial charge in [-0.2, -0.15) is 0 Å². The monoisotopic (exact) mass is 628 g/mol. The van der Waals surface area contributed by atoms with Crippen LogP contribution in [0.15, 0.2) is 104 Å².